The standard InChI is InChI=1S/C28H57NO4/c1-3-5-7-9-11-16-20-32-24-27(30)22-29(26-18-14-13-15-19-26)23-28(31)25-33-21-17-12-10-8-6-4-2/h26-28,30-31H,3-25H2,1-2H3. The van der Waals surface area contributed by atoms with Gasteiger partial charge in [-0.05, 0) is 25.7 Å². The summed E-state index contributed by atoms with van der Waals surface area (Å²) in [6, 6.07) is 0.459. The Hall–Kier alpha value is -0.200. The second-order valence-electron chi connectivity index (χ2n) is 10.2. The van der Waals surface area contributed by atoms with E-state index in [1.165, 1.54) is 83.5 Å². The Balaban J connectivity index is 2.23. The van der Waals surface area contributed by atoms with E-state index in [0.29, 0.717) is 32.3 Å². The Morgan fingerprint density at radius 3 is 1.52 bits per heavy atom. The summed E-state index contributed by atoms with van der Waals surface area (Å²) in [6.07, 6.45) is 20.1. The van der Waals surface area contributed by atoms with Gasteiger partial charge in [-0.25, -0.2) is 0 Å². The SMILES string of the molecule is CCCCCCCCOCC(O)CN(CC(O)COCCCCCCCC)C1CCCCC1. The zero-order chi connectivity index (χ0) is 24.0. The molecule has 2 N–H and O–H groups in total. The molecule has 0 bridgehead atoms. The van der Waals surface area contributed by atoms with E-state index in [-0.39, 0.29) is 0 Å². The molecule has 198 valence electrons. The van der Waals surface area contributed by atoms with Crippen molar-refractivity contribution in [2.75, 3.05) is 39.5 Å². The highest BCUT2D eigenvalue weighted by Gasteiger charge is 2.25. The Labute approximate surface area is 205 Å². The zero-order valence-corrected chi connectivity index (χ0v) is 22.2. The van der Waals surface area contributed by atoms with Crippen LogP contribution in [-0.4, -0.2) is 72.9 Å². The largest absolute Gasteiger partial charge is 0.389 e. The number of rotatable bonds is 23. The third-order valence-electron chi connectivity index (χ3n) is 6.89. The molecule has 0 aromatic carbocycles. The topological polar surface area (TPSA) is 62.2 Å². The molecule has 5 nitrogen and oxygen atoms in total. The molecular weight excluding hydrogens is 414 g/mol. The van der Waals surface area contributed by atoms with Gasteiger partial charge < -0.3 is 19.7 Å². The Kier molecular flexibility index (Phi) is 20.8. The van der Waals surface area contributed by atoms with Crippen LogP contribution in [0.3, 0.4) is 0 Å². The van der Waals surface area contributed by atoms with Crippen LogP contribution in [-0.2, 0) is 9.47 Å². The molecule has 1 rings (SSSR count). The van der Waals surface area contributed by atoms with Gasteiger partial charge in [0, 0.05) is 32.3 Å². The molecule has 0 amide bonds. The van der Waals surface area contributed by atoms with Gasteiger partial charge in [-0.15, -0.1) is 0 Å². The smallest absolute Gasteiger partial charge is 0.0900 e. The zero-order valence-electron chi connectivity index (χ0n) is 22.2. The summed E-state index contributed by atoms with van der Waals surface area (Å²) in [5.41, 5.74) is 0. The number of aliphatic hydroxyl groups is 2. The van der Waals surface area contributed by atoms with Crippen LogP contribution in [0, 0.1) is 0 Å². The van der Waals surface area contributed by atoms with Crippen molar-refractivity contribution in [3.05, 3.63) is 0 Å². The van der Waals surface area contributed by atoms with Crippen LogP contribution in [0.4, 0.5) is 0 Å². The van der Waals surface area contributed by atoms with Crippen molar-refractivity contribution in [1.29, 1.82) is 0 Å². The summed E-state index contributed by atoms with van der Waals surface area (Å²) < 4.78 is 11.5. The minimum absolute atomic E-state index is 0.392. The van der Waals surface area contributed by atoms with E-state index in [1.807, 2.05) is 0 Å². The van der Waals surface area contributed by atoms with Crippen molar-refractivity contribution in [1.82, 2.24) is 4.90 Å². The highest BCUT2D eigenvalue weighted by Crippen LogP contribution is 2.23. The number of hydrogen-bond acceptors (Lipinski definition) is 5. The van der Waals surface area contributed by atoms with E-state index in [9.17, 15) is 10.2 Å². The molecule has 0 aliphatic heterocycles. The van der Waals surface area contributed by atoms with Crippen LogP contribution in [0.2, 0.25) is 0 Å². The van der Waals surface area contributed by atoms with Crippen molar-refractivity contribution in [3.8, 4) is 0 Å². The first kappa shape index (κ1) is 30.8. The molecule has 0 saturated heterocycles. The first-order valence-corrected chi connectivity index (χ1v) is 14.4. The van der Waals surface area contributed by atoms with Gasteiger partial charge in [0.2, 0.25) is 0 Å². The Morgan fingerprint density at radius 1 is 0.636 bits per heavy atom. The number of nitrogens with zero attached hydrogens (tertiary/aromatic N) is 1. The lowest BCUT2D eigenvalue weighted by Crippen LogP contribution is -2.47. The summed E-state index contributed by atoms with van der Waals surface area (Å²) in [4.78, 5) is 2.30. The van der Waals surface area contributed by atoms with Gasteiger partial charge in [0.1, 0.15) is 0 Å². The fraction of sp³-hybridized carbons (Fsp3) is 1.00. The van der Waals surface area contributed by atoms with Crippen LogP contribution in [0.25, 0.3) is 0 Å². The maximum atomic E-state index is 10.6. The maximum absolute atomic E-state index is 10.6. The van der Waals surface area contributed by atoms with Crippen molar-refractivity contribution < 1.29 is 19.7 Å². The molecular formula is C28H57NO4. The van der Waals surface area contributed by atoms with Crippen LogP contribution in [0.5, 0.6) is 0 Å². The lowest BCUT2D eigenvalue weighted by Gasteiger charge is -2.36. The molecule has 1 aliphatic rings. The van der Waals surface area contributed by atoms with Gasteiger partial charge in [0.05, 0.1) is 25.4 Å². The molecule has 33 heavy (non-hydrogen) atoms. The molecule has 0 aromatic rings. The van der Waals surface area contributed by atoms with Gasteiger partial charge in [-0.3, -0.25) is 4.90 Å². The van der Waals surface area contributed by atoms with E-state index >= 15 is 0 Å². The van der Waals surface area contributed by atoms with Gasteiger partial charge in [-0.1, -0.05) is 97.3 Å². The second-order valence-corrected chi connectivity index (χ2v) is 10.2. The number of ether oxygens (including phenoxy) is 2. The van der Waals surface area contributed by atoms with Crippen LogP contribution >= 0.6 is 0 Å². The van der Waals surface area contributed by atoms with Crippen molar-refractivity contribution >= 4 is 0 Å². The molecule has 1 aliphatic carbocycles. The Bertz CT molecular complexity index is 375. The molecule has 0 radical (unpaired) electrons. The molecule has 0 aromatic heterocycles. The molecule has 2 unspecified atom stereocenters. The average Bonchev–Trinajstić information content (AvgIpc) is 2.82. The molecule has 5 heteroatoms. The first-order chi connectivity index (χ1) is 16.2. The monoisotopic (exact) mass is 471 g/mol. The quantitative estimate of drug-likeness (QED) is 0.176. The summed E-state index contributed by atoms with van der Waals surface area (Å²) in [6.45, 7) is 7.90. The summed E-state index contributed by atoms with van der Waals surface area (Å²) in [7, 11) is 0. The van der Waals surface area contributed by atoms with Gasteiger partial charge in [-0.2, -0.15) is 0 Å². The maximum Gasteiger partial charge on any atom is 0.0900 e. The second kappa shape index (κ2) is 22.3. The first-order valence-electron chi connectivity index (χ1n) is 14.4. The van der Waals surface area contributed by atoms with Crippen LogP contribution in [0.15, 0.2) is 0 Å². The number of unbranched alkanes of at least 4 members (excludes halogenated alkanes) is 10. The fourth-order valence-electron chi connectivity index (χ4n) is 4.87. The summed E-state index contributed by atoms with van der Waals surface area (Å²) in [5, 5.41) is 21.2. The van der Waals surface area contributed by atoms with Gasteiger partial charge >= 0.3 is 0 Å². The van der Waals surface area contributed by atoms with Gasteiger partial charge in [0.15, 0.2) is 0 Å². The highest BCUT2D eigenvalue weighted by molar-refractivity contribution is 4.80. The number of hydrogen-bond donors (Lipinski definition) is 2. The lowest BCUT2D eigenvalue weighted by atomic mass is 9.93. The molecule has 2 atom stereocenters. The van der Waals surface area contributed by atoms with Crippen molar-refractivity contribution in [2.45, 2.75) is 141 Å². The number of aliphatic hydroxyl groups excluding tert-OH is 2. The minimum atomic E-state index is -0.497. The summed E-state index contributed by atoms with van der Waals surface area (Å²) in [5.74, 6) is 0. The lowest BCUT2D eigenvalue weighted by molar-refractivity contribution is -0.0261. The van der Waals surface area contributed by atoms with E-state index in [0.717, 1.165) is 38.9 Å². The third kappa shape index (κ3) is 17.8. The third-order valence-corrected chi connectivity index (χ3v) is 6.89. The highest BCUT2D eigenvalue weighted by atomic mass is 16.5. The van der Waals surface area contributed by atoms with E-state index in [2.05, 4.69) is 18.7 Å². The molecule has 0 spiro atoms. The molecule has 1 saturated carbocycles. The van der Waals surface area contributed by atoms with E-state index < -0.39 is 12.2 Å². The fourth-order valence-corrected chi connectivity index (χ4v) is 4.87. The predicted molar refractivity (Wildman–Crippen MR) is 139 cm³/mol. The van der Waals surface area contributed by atoms with Crippen LogP contribution < -0.4 is 0 Å². The predicted octanol–water partition coefficient (Wildman–Crippen LogP) is 6.10. The normalized spacial score (nSPS) is 17.0. The van der Waals surface area contributed by atoms with Crippen molar-refractivity contribution in [3.63, 3.8) is 0 Å². The molecule has 0 heterocycles. The minimum Gasteiger partial charge on any atom is -0.389 e. The van der Waals surface area contributed by atoms with Crippen molar-refractivity contribution in [2.24, 2.45) is 0 Å². The van der Waals surface area contributed by atoms with E-state index in [1.54, 1.807) is 0 Å². The molecule has 1 fully saturated rings. The van der Waals surface area contributed by atoms with Gasteiger partial charge in [0.25, 0.3) is 0 Å². The average molecular weight is 472 g/mol. The summed E-state index contributed by atoms with van der Waals surface area (Å²) >= 11 is 0. The van der Waals surface area contributed by atoms with Crippen LogP contribution in [0.1, 0.15) is 123 Å². The van der Waals surface area contributed by atoms with E-state index in [4.69, 9.17) is 9.47 Å². The Morgan fingerprint density at radius 2 is 1.06 bits per heavy atom.